The van der Waals surface area contributed by atoms with Crippen molar-refractivity contribution in [1.29, 1.82) is 0 Å². The maximum absolute atomic E-state index is 11.3. The van der Waals surface area contributed by atoms with E-state index in [0.717, 1.165) is 53.7 Å². The molecule has 0 aliphatic carbocycles. The summed E-state index contributed by atoms with van der Waals surface area (Å²) in [5, 5.41) is 4.94. The molecule has 2 aromatic carbocycles. The number of amides is 1. The molecule has 162 valence electrons. The van der Waals surface area contributed by atoms with Crippen LogP contribution in [0.15, 0.2) is 65.0 Å². The first-order valence-electron chi connectivity index (χ1n) is 10.5. The van der Waals surface area contributed by atoms with Crippen molar-refractivity contribution in [3.63, 3.8) is 0 Å². The van der Waals surface area contributed by atoms with E-state index in [-0.39, 0.29) is 5.91 Å². The minimum Gasteiger partial charge on any atom is -0.381 e. The number of hydrogen-bond donors (Lipinski definition) is 1. The fraction of sp³-hybridized carbons (Fsp3) is 0.333. The number of nitrogens with one attached hydrogen (secondary N) is 1. The van der Waals surface area contributed by atoms with E-state index in [9.17, 15) is 4.79 Å². The number of anilines is 1. The molecule has 2 heterocycles. The molecular formula is C24H27N3O3S. The largest absolute Gasteiger partial charge is 0.381 e. The van der Waals surface area contributed by atoms with Gasteiger partial charge in [0.1, 0.15) is 0 Å². The molecule has 1 aliphatic rings. The smallest absolute Gasteiger partial charge is 0.221 e. The Hall–Kier alpha value is -2.74. The fourth-order valence-electron chi connectivity index (χ4n) is 3.53. The van der Waals surface area contributed by atoms with Crippen LogP contribution in [0.25, 0.3) is 11.3 Å². The Morgan fingerprint density at radius 3 is 2.74 bits per heavy atom. The normalized spacial score (nSPS) is 16.5. The Balaban J connectivity index is 1.56. The summed E-state index contributed by atoms with van der Waals surface area (Å²) in [6.07, 6.45) is 1.08. The molecule has 31 heavy (non-hydrogen) atoms. The third-order valence-corrected chi connectivity index (χ3v) is 5.98. The second kappa shape index (κ2) is 10.5. The zero-order chi connectivity index (χ0) is 21.5. The van der Waals surface area contributed by atoms with Gasteiger partial charge in [0.15, 0.2) is 4.80 Å². The predicted molar refractivity (Wildman–Crippen MR) is 123 cm³/mol. The highest BCUT2D eigenvalue weighted by molar-refractivity contribution is 7.07. The molecule has 0 spiro atoms. The van der Waals surface area contributed by atoms with Crippen molar-refractivity contribution in [3.05, 3.63) is 64.8 Å². The van der Waals surface area contributed by atoms with Crippen molar-refractivity contribution in [2.24, 2.45) is 10.9 Å². The van der Waals surface area contributed by atoms with Gasteiger partial charge in [0.2, 0.25) is 5.91 Å². The van der Waals surface area contributed by atoms with Crippen LogP contribution in [0.2, 0.25) is 0 Å². The highest BCUT2D eigenvalue weighted by atomic mass is 32.1. The van der Waals surface area contributed by atoms with Crippen LogP contribution >= 0.6 is 11.3 Å². The fourth-order valence-corrected chi connectivity index (χ4v) is 4.48. The van der Waals surface area contributed by atoms with Gasteiger partial charge >= 0.3 is 0 Å². The van der Waals surface area contributed by atoms with Crippen LogP contribution in [-0.4, -0.2) is 36.9 Å². The van der Waals surface area contributed by atoms with Gasteiger partial charge < -0.3 is 19.4 Å². The van der Waals surface area contributed by atoms with Gasteiger partial charge in [-0.15, -0.1) is 11.3 Å². The Kier molecular flexibility index (Phi) is 7.30. The number of thiazole rings is 1. The number of aromatic nitrogens is 1. The molecule has 1 unspecified atom stereocenters. The Bertz CT molecular complexity index is 1050. The van der Waals surface area contributed by atoms with Gasteiger partial charge in [-0.1, -0.05) is 30.3 Å². The standard InChI is InChI=1S/C24H27N3O3S/c1-18(28)25-22-9-7-20(8-10-22)23-17-31-24(26-21-5-3-2-4-6-21)27(23)12-14-30-16-19-11-13-29-15-19/h2-10,17,19H,11-16H2,1H3,(H,25,28). The van der Waals surface area contributed by atoms with E-state index in [1.54, 1.807) is 11.3 Å². The van der Waals surface area contributed by atoms with E-state index in [0.29, 0.717) is 19.1 Å². The summed E-state index contributed by atoms with van der Waals surface area (Å²) in [6.45, 7) is 5.21. The molecule has 1 fully saturated rings. The van der Waals surface area contributed by atoms with E-state index in [1.807, 2.05) is 54.6 Å². The van der Waals surface area contributed by atoms with Crippen LogP contribution in [0.5, 0.6) is 0 Å². The summed E-state index contributed by atoms with van der Waals surface area (Å²) in [4.78, 5) is 17.1. The van der Waals surface area contributed by atoms with Crippen LogP contribution in [-0.2, 0) is 20.8 Å². The number of carbonyl (C=O) groups is 1. The van der Waals surface area contributed by atoms with Gasteiger partial charge in [0.05, 0.1) is 31.2 Å². The molecule has 1 aliphatic heterocycles. The Labute approximate surface area is 186 Å². The highest BCUT2D eigenvalue weighted by Crippen LogP contribution is 2.23. The van der Waals surface area contributed by atoms with Gasteiger partial charge in [-0.2, -0.15) is 0 Å². The lowest BCUT2D eigenvalue weighted by Gasteiger charge is -2.12. The lowest BCUT2D eigenvalue weighted by molar-refractivity contribution is -0.114. The third-order valence-electron chi connectivity index (χ3n) is 5.12. The number of hydrogen-bond acceptors (Lipinski definition) is 5. The molecule has 3 aromatic rings. The number of rotatable bonds is 8. The summed E-state index contributed by atoms with van der Waals surface area (Å²) in [7, 11) is 0. The minimum absolute atomic E-state index is 0.0768. The summed E-state index contributed by atoms with van der Waals surface area (Å²) in [5.74, 6) is 0.425. The minimum atomic E-state index is -0.0768. The van der Waals surface area contributed by atoms with Crippen LogP contribution in [0.4, 0.5) is 11.4 Å². The monoisotopic (exact) mass is 437 g/mol. The number of ether oxygens (including phenoxy) is 2. The summed E-state index contributed by atoms with van der Waals surface area (Å²) in [5.41, 5.74) is 3.87. The van der Waals surface area contributed by atoms with E-state index in [2.05, 4.69) is 15.3 Å². The predicted octanol–water partition coefficient (Wildman–Crippen LogP) is 4.46. The zero-order valence-corrected chi connectivity index (χ0v) is 18.4. The SMILES string of the molecule is CC(=O)Nc1ccc(-c2csc(=Nc3ccccc3)n2CCOCC2CCOC2)cc1. The summed E-state index contributed by atoms with van der Waals surface area (Å²) in [6, 6.07) is 17.9. The van der Waals surface area contributed by atoms with Crippen LogP contribution in [0.3, 0.4) is 0 Å². The van der Waals surface area contributed by atoms with Crippen LogP contribution in [0.1, 0.15) is 13.3 Å². The van der Waals surface area contributed by atoms with E-state index in [4.69, 9.17) is 14.5 Å². The molecule has 1 atom stereocenters. The van der Waals surface area contributed by atoms with Crippen LogP contribution in [0, 0.1) is 5.92 Å². The van der Waals surface area contributed by atoms with Gasteiger partial charge in [-0.3, -0.25) is 4.79 Å². The molecule has 0 radical (unpaired) electrons. The van der Waals surface area contributed by atoms with E-state index >= 15 is 0 Å². The topological polar surface area (TPSA) is 64.9 Å². The lowest BCUT2D eigenvalue weighted by atomic mass is 10.1. The molecule has 0 saturated carbocycles. The molecule has 1 saturated heterocycles. The van der Waals surface area contributed by atoms with E-state index in [1.165, 1.54) is 6.92 Å². The van der Waals surface area contributed by atoms with Gasteiger partial charge in [0, 0.05) is 37.1 Å². The molecule has 1 amide bonds. The van der Waals surface area contributed by atoms with Crippen molar-refractivity contribution in [2.75, 3.05) is 31.7 Å². The molecule has 7 heteroatoms. The zero-order valence-electron chi connectivity index (χ0n) is 17.6. The third kappa shape index (κ3) is 5.91. The molecule has 0 bridgehead atoms. The quantitative estimate of drug-likeness (QED) is 0.529. The van der Waals surface area contributed by atoms with Crippen LogP contribution < -0.4 is 10.1 Å². The van der Waals surface area contributed by atoms with Gasteiger partial charge in [0.25, 0.3) is 0 Å². The number of nitrogens with zero attached hydrogens (tertiary/aromatic N) is 2. The summed E-state index contributed by atoms with van der Waals surface area (Å²) >= 11 is 1.62. The second-order valence-corrected chi connectivity index (χ2v) is 8.40. The first-order chi connectivity index (χ1) is 15.2. The van der Waals surface area contributed by atoms with E-state index < -0.39 is 0 Å². The van der Waals surface area contributed by atoms with Crippen molar-refractivity contribution in [1.82, 2.24) is 4.57 Å². The second-order valence-electron chi connectivity index (χ2n) is 7.57. The van der Waals surface area contributed by atoms with Crippen molar-refractivity contribution < 1.29 is 14.3 Å². The Morgan fingerprint density at radius 1 is 1.23 bits per heavy atom. The molecule has 1 N–H and O–H groups in total. The average molecular weight is 438 g/mol. The van der Waals surface area contributed by atoms with Crippen molar-refractivity contribution in [3.8, 4) is 11.3 Å². The highest BCUT2D eigenvalue weighted by Gasteiger charge is 2.15. The average Bonchev–Trinajstić information content (AvgIpc) is 3.42. The number of carbonyl (C=O) groups excluding carboxylic acids is 1. The van der Waals surface area contributed by atoms with Crippen molar-refractivity contribution >= 4 is 28.6 Å². The van der Waals surface area contributed by atoms with Gasteiger partial charge in [-0.25, -0.2) is 4.99 Å². The number of benzene rings is 2. The molecule has 6 nitrogen and oxygen atoms in total. The molecule has 1 aromatic heterocycles. The Morgan fingerprint density at radius 2 is 2.03 bits per heavy atom. The first kappa shape index (κ1) is 21.5. The molecular weight excluding hydrogens is 410 g/mol. The maximum atomic E-state index is 11.3. The first-order valence-corrected chi connectivity index (χ1v) is 11.4. The number of para-hydroxylation sites is 1. The maximum Gasteiger partial charge on any atom is 0.221 e. The molecule has 4 rings (SSSR count). The van der Waals surface area contributed by atoms with Gasteiger partial charge in [-0.05, 0) is 36.2 Å². The van der Waals surface area contributed by atoms with Crippen molar-refractivity contribution in [2.45, 2.75) is 19.9 Å². The lowest BCUT2D eigenvalue weighted by Crippen LogP contribution is -2.20. The summed E-state index contributed by atoms with van der Waals surface area (Å²) < 4.78 is 13.6.